The maximum absolute atomic E-state index is 8.35. The molecule has 39 valence electrons. The van der Waals surface area contributed by atoms with Crippen molar-refractivity contribution < 1.29 is 37.5 Å². The Bertz CT molecular complexity index is 30.7. The van der Waals surface area contributed by atoms with Crippen molar-refractivity contribution in [3.05, 3.63) is 0 Å². The monoisotopic (exact) mass is 177 g/mol. The molecular weight excluding hydrogens is 177 g/mol. The molecule has 7 heteroatoms. The molecule has 7 heavy (non-hydrogen) atoms. The smallest absolute Gasteiger partial charge is 0.772 e. The third kappa shape index (κ3) is 299. The summed E-state index contributed by atoms with van der Waals surface area (Å²) in [6.45, 7) is 0. The van der Waals surface area contributed by atoms with Crippen molar-refractivity contribution in [2.75, 3.05) is 0 Å². The van der Waals surface area contributed by atoms with Crippen molar-refractivity contribution in [3.63, 3.8) is 0 Å². The van der Waals surface area contributed by atoms with Gasteiger partial charge in [-0.05, 0) is 0 Å². The summed E-state index contributed by atoms with van der Waals surface area (Å²) in [5.74, 6) is 0. The third-order valence-electron chi connectivity index (χ3n) is 0. The predicted molar refractivity (Wildman–Crippen MR) is 15.2 cm³/mol. The van der Waals surface area contributed by atoms with E-state index in [1.54, 1.807) is 0 Å². The molecule has 0 N–H and O–H groups in total. The molecule has 0 saturated heterocycles. The van der Waals surface area contributed by atoms with E-state index in [0.717, 1.165) is 0 Å². The van der Waals surface area contributed by atoms with E-state index >= 15 is 0 Å². The van der Waals surface area contributed by atoms with E-state index in [2.05, 4.69) is 0 Å². The molecule has 4 nitrogen and oxygen atoms in total. The summed E-state index contributed by atoms with van der Waals surface area (Å²) in [6, 6.07) is 0. The largest absolute Gasteiger partial charge is 2.00 e. The Labute approximate surface area is 55.4 Å². The van der Waals surface area contributed by atoms with Crippen LogP contribution in [0, 0.1) is 0 Å². The van der Waals surface area contributed by atoms with Crippen LogP contribution in [0.15, 0.2) is 0 Å². The zero-order valence-corrected chi connectivity index (χ0v) is 6.16. The first kappa shape index (κ1) is 15.6. The zero-order chi connectivity index (χ0) is 5.41. The second-order valence-electron chi connectivity index (χ2n) is 0.149. The van der Waals surface area contributed by atoms with Gasteiger partial charge in [0.05, 0.1) is 17.4 Å². The minimum Gasteiger partial charge on any atom is -0.772 e. The molecule has 0 aromatic heterocycles. The number of hydrogen-bond acceptors (Lipinski definition) is 4. The molecule has 0 amide bonds. The van der Waals surface area contributed by atoms with E-state index in [1.807, 2.05) is 0 Å². The van der Waals surface area contributed by atoms with Crippen LogP contribution in [0.5, 0.6) is 0 Å². The Morgan fingerprint density at radius 2 is 1.00 bits per heavy atom. The molecule has 0 unspecified atom stereocenters. The van der Waals surface area contributed by atoms with Gasteiger partial charge in [0.1, 0.15) is 0 Å². The van der Waals surface area contributed by atoms with Crippen LogP contribution in [-0.2, 0) is 27.7 Å². The summed E-state index contributed by atoms with van der Waals surface area (Å²) in [5.41, 5.74) is 0. The molecule has 0 atom stereocenters. The van der Waals surface area contributed by atoms with Gasteiger partial charge in [-0.2, -0.15) is 0 Å². The van der Waals surface area contributed by atoms with E-state index in [-0.39, 0.29) is 18.6 Å². The molecule has 0 aromatic carbocycles. The molecule has 0 aromatic rings. The second-order valence-corrected chi connectivity index (χ2v) is 0.447. The molecule has 0 spiro atoms. The van der Waals surface area contributed by atoms with Crippen molar-refractivity contribution in [1.82, 2.24) is 0 Å². The summed E-state index contributed by atoms with van der Waals surface area (Å²) in [6.07, 6.45) is 0. The molecule has 0 bridgehead atoms. The van der Waals surface area contributed by atoms with E-state index in [1.165, 1.54) is 0 Å². The van der Waals surface area contributed by atoms with Crippen molar-refractivity contribution >= 4 is 17.4 Å². The fourth-order valence-electron chi connectivity index (χ4n) is 0. The quantitative estimate of drug-likeness (QED) is 0.449. The van der Waals surface area contributed by atoms with Gasteiger partial charge in [0.25, 0.3) is 0 Å². The van der Waals surface area contributed by atoms with Gasteiger partial charge in [0.15, 0.2) is 0 Å². The van der Waals surface area contributed by atoms with Crippen molar-refractivity contribution in [2.45, 2.75) is 0 Å². The van der Waals surface area contributed by atoms with Gasteiger partial charge >= 0.3 is 18.6 Å². The molecule has 0 heterocycles. The van der Waals surface area contributed by atoms with Crippen molar-refractivity contribution in [3.8, 4) is 0 Å². The predicted octanol–water partition coefficient (Wildman–Crippen LogP) is -0.896. The van der Waals surface area contributed by atoms with Gasteiger partial charge in [-0.25, -0.2) is 0 Å². The first-order valence-corrected chi connectivity index (χ1v) is 2.19. The van der Waals surface area contributed by atoms with Crippen molar-refractivity contribution in [2.24, 2.45) is 0 Å². The topological polar surface area (TPSA) is 80.3 Å². The first-order valence-electron chi connectivity index (χ1n) is 0.730. The number of hydrogen-bond donors (Lipinski definition) is 0. The van der Waals surface area contributed by atoms with Crippen LogP contribution >= 0.6 is 17.4 Å². The average Bonchev–Trinajstić information content (AvgIpc) is 1.39. The minimum atomic E-state index is -1.08. The standard InChI is InChI=1S/2HO2P.V/c2*1-3-2;/h2*(H,1,2);/q;;+2/p-2. The zero-order valence-electron chi connectivity index (χ0n) is 2.97. The molecule has 0 aliphatic heterocycles. The Morgan fingerprint density at radius 1 is 1.00 bits per heavy atom. The molecule has 0 aliphatic rings. The maximum atomic E-state index is 8.35. The van der Waals surface area contributed by atoms with Crippen LogP contribution in [0.3, 0.4) is 0 Å². The molecular formula is O4P2V. The average molecular weight is 177 g/mol. The molecule has 0 saturated carbocycles. The maximum Gasteiger partial charge on any atom is 2.00 e. The Balaban J connectivity index is -0.0000000400. The van der Waals surface area contributed by atoms with E-state index in [4.69, 9.17) is 18.9 Å². The van der Waals surface area contributed by atoms with Crippen LogP contribution < -0.4 is 9.79 Å². The normalized spacial score (nSPS) is 6.00. The van der Waals surface area contributed by atoms with Crippen LogP contribution in [-0.4, -0.2) is 0 Å². The molecule has 0 fully saturated rings. The van der Waals surface area contributed by atoms with Gasteiger partial charge in [-0.15, -0.1) is 0 Å². The van der Waals surface area contributed by atoms with E-state index < -0.39 is 17.4 Å². The van der Waals surface area contributed by atoms with E-state index in [0.29, 0.717) is 0 Å². The van der Waals surface area contributed by atoms with Gasteiger partial charge < -0.3 is 9.79 Å². The number of rotatable bonds is 0. The fraction of sp³-hybridized carbons (Fsp3) is 0. The van der Waals surface area contributed by atoms with Crippen LogP contribution in [0.25, 0.3) is 0 Å². The van der Waals surface area contributed by atoms with Crippen LogP contribution in [0.2, 0.25) is 0 Å². The Kier molecular flexibility index (Phi) is 66.7. The van der Waals surface area contributed by atoms with Crippen molar-refractivity contribution in [1.29, 1.82) is 0 Å². The Morgan fingerprint density at radius 3 is 1.00 bits per heavy atom. The van der Waals surface area contributed by atoms with Gasteiger partial charge in [-0.1, -0.05) is 0 Å². The third-order valence-corrected chi connectivity index (χ3v) is 0. The summed E-state index contributed by atoms with van der Waals surface area (Å²) in [5, 5.41) is 0. The summed E-state index contributed by atoms with van der Waals surface area (Å²) < 4.78 is 16.7. The molecule has 0 aliphatic carbocycles. The Hall–Kier alpha value is 0.704. The van der Waals surface area contributed by atoms with Gasteiger partial charge in [0, 0.05) is 0 Å². The fourth-order valence-corrected chi connectivity index (χ4v) is 0. The second kappa shape index (κ2) is 29.8. The summed E-state index contributed by atoms with van der Waals surface area (Å²) in [7, 11) is -2.17. The van der Waals surface area contributed by atoms with Gasteiger partial charge in [0.2, 0.25) is 0 Å². The molecule has 1 radical (unpaired) electrons. The van der Waals surface area contributed by atoms with E-state index in [9.17, 15) is 0 Å². The van der Waals surface area contributed by atoms with Crippen LogP contribution in [0.1, 0.15) is 0 Å². The van der Waals surface area contributed by atoms with Crippen LogP contribution in [0.4, 0.5) is 0 Å². The molecule has 0 rings (SSSR count). The SMILES string of the molecule is O=P[O-].O=P[O-].[V+2]. The first-order chi connectivity index (χ1) is 2.83. The van der Waals surface area contributed by atoms with Gasteiger partial charge in [-0.3, -0.25) is 9.13 Å². The minimum absolute atomic E-state index is 0. The summed E-state index contributed by atoms with van der Waals surface area (Å²) in [4.78, 5) is 16.7. The summed E-state index contributed by atoms with van der Waals surface area (Å²) >= 11 is 0.